The molecule has 3 rings (SSSR count). The van der Waals surface area contributed by atoms with Gasteiger partial charge >= 0.3 is 0 Å². The predicted molar refractivity (Wildman–Crippen MR) is 129 cm³/mol. The molecule has 1 saturated carbocycles. The van der Waals surface area contributed by atoms with Gasteiger partial charge in [-0.15, -0.1) is 0 Å². The Morgan fingerprint density at radius 2 is 1.67 bits per heavy atom. The van der Waals surface area contributed by atoms with Crippen molar-refractivity contribution in [1.29, 1.82) is 0 Å². The molecule has 0 saturated heterocycles. The summed E-state index contributed by atoms with van der Waals surface area (Å²) in [5.41, 5.74) is 1.13. The maximum atomic E-state index is 13.3. The number of rotatable bonds is 11. The van der Waals surface area contributed by atoms with Gasteiger partial charge in [-0.05, 0) is 55.5 Å². The van der Waals surface area contributed by atoms with E-state index in [-0.39, 0.29) is 24.5 Å². The van der Waals surface area contributed by atoms with E-state index in [1.165, 1.54) is 6.42 Å². The first kappa shape index (κ1) is 24.6. The molecule has 6 nitrogen and oxygen atoms in total. The lowest BCUT2D eigenvalue weighted by atomic mass is 9.95. The average Bonchev–Trinajstić information content (AvgIpc) is 2.86. The van der Waals surface area contributed by atoms with E-state index in [1.54, 1.807) is 36.3 Å². The molecule has 1 fully saturated rings. The van der Waals surface area contributed by atoms with Crippen molar-refractivity contribution in [3.63, 3.8) is 0 Å². The van der Waals surface area contributed by atoms with Crippen LogP contribution in [0.4, 0.5) is 0 Å². The second kappa shape index (κ2) is 12.9. The Balaban J connectivity index is 1.68. The molecular weight excluding hydrogens is 416 g/mol. The number of methoxy groups -OCH3 is 1. The third kappa shape index (κ3) is 7.52. The summed E-state index contributed by atoms with van der Waals surface area (Å²) in [6, 6.07) is 16.9. The van der Waals surface area contributed by atoms with E-state index in [9.17, 15) is 9.59 Å². The predicted octanol–water partition coefficient (Wildman–Crippen LogP) is 4.37. The van der Waals surface area contributed by atoms with Crippen molar-refractivity contribution in [1.82, 2.24) is 10.2 Å². The van der Waals surface area contributed by atoms with Crippen LogP contribution >= 0.6 is 0 Å². The van der Waals surface area contributed by atoms with Crippen LogP contribution in [0, 0.1) is 0 Å². The van der Waals surface area contributed by atoms with Crippen molar-refractivity contribution in [3.05, 3.63) is 60.2 Å². The quantitative estimate of drug-likeness (QED) is 0.550. The van der Waals surface area contributed by atoms with E-state index < -0.39 is 6.04 Å². The molecule has 0 spiro atoms. The van der Waals surface area contributed by atoms with Crippen molar-refractivity contribution in [3.8, 4) is 11.5 Å². The van der Waals surface area contributed by atoms with Gasteiger partial charge in [-0.3, -0.25) is 9.59 Å². The van der Waals surface area contributed by atoms with Crippen LogP contribution in [0.3, 0.4) is 0 Å². The molecule has 0 heterocycles. The van der Waals surface area contributed by atoms with Gasteiger partial charge in [0.2, 0.25) is 5.91 Å². The lowest BCUT2D eigenvalue weighted by Crippen LogP contribution is -2.53. The zero-order valence-corrected chi connectivity index (χ0v) is 19.8. The van der Waals surface area contributed by atoms with Crippen LogP contribution in [0.25, 0.3) is 0 Å². The second-order valence-corrected chi connectivity index (χ2v) is 8.55. The van der Waals surface area contributed by atoms with Gasteiger partial charge in [-0.2, -0.15) is 0 Å². The maximum Gasteiger partial charge on any atom is 0.261 e. The van der Waals surface area contributed by atoms with Gasteiger partial charge in [0.15, 0.2) is 6.61 Å². The number of carbonyl (C=O) groups excluding carboxylic acids is 2. The number of carbonyl (C=O) groups is 2. The zero-order chi connectivity index (χ0) is 23.5. The fraction of sp³-hybridized carbons (Fsp3) is 0.481. The van der Waals surface area contributed by atoms with Crippen LogP contribution in [-0.4, -0.2) is 49.1 Å². The van der Waals surface area contributed by atoms with Crippen LogP contribution in [0.15, 0.2) is 54.6 Å². The molecule has 1 N–H and O–H groups in total. The van der Waals surface area contributed by atoms with Crippen LogP contribution in [0.2, 0.25) is 0 Å². The molecule has 0 aromatic heterocycles. The Kier molecular flexibility index (Phi) is 9.60. The summed E-state index contributed by atoms with van der Waals surface area (Å²) in [7, 11) is 1.60. The van der Waals surface area contributed by atoms with Crippen molar-refractivity contribution in [2.24, 2.45) is 0 Å². The Morgan fingerprint density at radius 1 is 1.00 bits per heavy atom. The van der Waals surface area contributed by atoms with Crippen LogP contribution in [-0.2, 0) is 16.0 Å². The first-order valence-electron chi connectivity index (χ1n) is 12.0. The normalized spacial score (nSPS) is 14.8. The summed E-state index contributed by atoms with van der Waals surface area (Å²) < 4.78 is 10.9. The first-order valence-corrected chi connectivity index (χ1v) is 12.0. The van der Waals surface area contributed by atoms with E-state index >= 15 is 0 Å². The van der Waals surface area contributed by atoms with E-state index in [2.05, 4.69) is 5.32 Å². The highest BCUT2D eigenvalue weighted by Gasteiger charge is 2.30. The van der Waals surface area contributed by atoms with Gasteiger partial charge in [0.25, 0.3) is 5.91 Å². The second-order valence-electron chi connectivity index (χ2n) is 8.55. The molecule has 2 amide bonds. The van der Waals surface area contributed by atoms with Gasteiger partial charge in [0.1, 0.15) is 17.5 Å². The summed E-state index contributed by atoms with van der Waals surface area (Å²) in [6.45, 7) is 2.30. The zero-order valence-electron chi connectivity index (χ0n) is 19.8. The van der Waals surface area contributed by atoms with Gasteiger partial charge in [-0.1, -0.05) is 56.5 Å². The molecule has 178 valence electrons. The van der Waals surface area contributed by atoms with Crippen molar-refractivity contribution >= 4 is 11.8 Å². The highest BCUT2D eigenvalue weighted by molar-refractivity contribution is 5.88. The van der Waals surface area contributed by atoms with Gasteiger partial charge in [0, 0.05) is 12.6 Å². The van der Waals surface area contributed by atoms with E-state index in [1.807, 2.05) is 37.3 Å². The lowest BCUT2D eigenvalue weighted by molar-refractivity contribution is -0.142. The van der Waals surface area contributed by atoms with E-state index in [4.69, 9.17) is 9.47 Å². The monoisotopic (exact) mass is 452 g/mol. The Hall–Kier alpha value is -3.02. The Labute approximate surface area is 197 Å². The van der Waals surface area contributed by atoms with Gasteiger partial charge < -0.3 is 19.7 Å². The molecule has 0 radical (unpaired) electrons. The minimum atomic E-state index is -0.511. The molecule has 1 aliphatic carbocycles. The summed E-state index contributed by atoms with van der Waals surface area (Å²) in [5.74, 6) is 1.07. The highest BCUT2D eigenvalue weighted by Crippen LogP contribution is 2.19. The Morgan fingerprint density at radius 3 is 2.30 bits per heavy atom. The summed E-state index contributed by atoms with van der Waals surface area (Å²) >= 11 is 0. The van der Waals surface area contributed by atoms with Crippen LogP contribution < -0.4 is 14.8 Å². The largest absolute Gasteiger partial charge is 0.497 e. The topological polar surface area (TPSA) is 67.9 Å². The van der Waals surface area contributed by atoms with E-state index in [0.717, 1.165) is 37.0 Å². The van der Waals surface area contributed by atoms with Gasteiger partial charge in [-0.25, -0.2) is 0 Å². The minimum Gasteiger partial charge on any atom is -0.497 e. The van der Waals surface area contributed by atoms with Crippen molar-refractivity contribution in [2.45, 2.75) is 64.0 Å². The molecule has 33 heavy (non-hydrogen) atoms. The number of benzene rings is 2. The van der Waals surface area contributed by atoms with Crippen LogP contribution in [0.5, 0.6) is 11.5 Å². The lowest BCUT2D eigenvalue weighted by Gasteiger charge is -2.32. The number of nitrogens with one attached hydrogen (secondary N) is 1. The van der Waals surface area contributed by atoms with Crippen molar-refractivity contribution < 1.29 is 19.1 Å². The third-order valence-corrected chi connectivity index (χ3v) is 6.24. The molecule has 0 aliphatic heterocycles. The summed E-state index contributed by atoms with van der Waals surface area (Å²) in [6.07, 6.45) is 6.79. The smallest absolute Gasteiger partial charge is 0.261 e. The van der Waals surface area contributed by atoms with Gasteiger partial charge in [0.05, 0.1) is 7.11 Å². The van der Waals surface area contributed by atoms with Crippen LogP contribution in [0.1, 0.15) is 51.0 Å². The molecule has 2 aromatic rings. The molecule has 0 bridgehead atoms. The molecular formula is C27H36N2O4. The molecule has 6 heteroatoms. The summed E-state index contributed by atoms with van der Waals surface area (Å²) in [4.78, 5) is 28.1. The first-order chi connectivity index (χ1) is 16.1. The molecule has 1 atom stereocenters. The SMILES string of the molecule is CC[C@@H](C(=O)NC1CCCCC1)N(CCc1ccccc1)C(=O)COc1ccc(OC)cc1. The fourth-order valence-corrected chi connectivity index (χ4v) is 4.34. The van der Waals surface area contributed by atoms with Crippen molar-refractivity contribution in [2.75, 3.05) is 20.3 Å². The standard InChI is InChI=1S/C27H36N2O4/c1-3-25(27(31)28-22-12-8-5-9-13-22)29(19-18-21-10-6-4-7-11-21)26(30)20-33-24-16-14-23(32-2)15-17-24/h4,6-7,10-11,14-17,22,25H,3,5,8-9,12-13,18-20H2,1-2H3,(H,28,31)/t25-/m0/s1. The number of amides is 2. The van der Waals surface area contributed by atoms with E-state index in [0.29, 0.717) is 25.1 Å². The molecule has 2 aromatic carbocycles. The summed E-state index contributed by atoms with van der Waals surface area (Å²) in [5, 5.41) is 3.20. The fourth-order valence-electron chi connectivity index (χ4n) is 4.34. The average molecular weight is 453 g/mol. The third-order valence-electron chi connectivity index (χ3n) is 6.24. The molecule has 1 aliphatic rings. The molecule has 0 unspecified atom stereocenters. The minimum absolute atomic E-state index is 0.0599. The number of nitrogens with zero attached hydrogens (tertiary/aromatic N) is 1. The highest BCUT2D eigenvalue weighted by atomic mass is 16.5. The number of ether oxygens (including phenoxy) is 2. The number of hydrogen-bond acceptors (Lipinski definition) is 4. The Bertz CT molecular complexity index is 863. The number of hydrogen-bond donors (Lipinski definition) is 1. The maximum absolute atomic E-state index is 13.3.